The molecule has 7 heteroatoms. The summed E-state index contributed by atoms with van der Waals surface area (Å²) in [6, 6.07) is 3.11. The molecule has 2 atom stereocenters. The zero-order chi connectivity index (χ0) is 17.9. The maximum atomic E-state index is 14.8. The lowest BCUT2D eigenvalue weighted by Crippen LogP contribution is -2.30. The number of carboxylic acids is 1. The highest BCUT2D eigenvalue weighted by atomic mass is 19.1. The Morgan fingerprint density at radius 3 is 2.64 bits per heavy atom. The van der Waals surface area contributed by atoms with Gasteiger partial charge < -0.3 is 20.3 Å². The number of rotatable bonds is 3. The van der Waals surface area contributed by atoms with Crippen molar-refractivity contribution in [3.05, 3.63) is 39.9 Å². The number of nitrogens with two attached hydrogens (primary N) is 1. The number of aromatic carboxylic acids is 1. The minimum Gasteiger partial charge on any atom is -0.477 e. The Morgan fingerprint density at radius 1 is 1.36 bits per heavy atom. The van der Waals surface area contributed by atoms with Gasteiger partial charge in [0.1, 0.15) is 11.4 Å². The zero-order valence-corrected chi connectivity index (χ0v) is 13.9. The van der Waals surface area contributed by atoms with Gasteiger partial charge in [-0.15, -0.1) is 0 Å². The average molecular weight is 345 g/mol. The van der Waals surface area contributed by atoms with E-state index in [1.54, 1.807) is 6.07 Å². The smallest absolute Gasteiger partial charge is 0.341 e. The highest BCUT2D eigenvalue weighted by Crippen LogP contribution is 2.38. The molecule has 0 bridgehead atoms. The minimum absolute atomic E-state index is 0.00916. The number of hydrogen-bond donors (Lipinski definition) is 2. The van der Waals surface area contributed by atoms with Crippen molar-refractivity contribution in [3.63, 3.8) is 0 Å². The molecule has 0 spiro atoms. The van der Waals surface area contributed by atoms with Crippen molar-refractivity contribution in [2.24, 2.45) is 5.73 Å². The van der Waals surface area contributed by atoms with Crippen LogP contribution in [0, 0.1) is 5.82 Å². The van der Waals surface area contributed by atoms with Crippen LogP contribution in [-0.4, -0.2) is 34.3 Å². The summed E-state index contributed by atoms with van der Waals surface area (Å²) in [5.74, 6) is -1.81. The van der Waals surface area contributed by atoms with E-state index in [0.717, 1.165) is 19.3 Å². The first-order valence-corrected chi connectivity index (χ1v) is 8.50. The highest BCUT2D eigenvalue weighted by Gasteiger charge is 2.31. The topological polar surface area (TPSA) is 88.6 Å². The van der Waals surface area contributed by atoms with Gasteiger partial charge in [-0.2, -0.15) is 0 Å². The minimum atomic E-state index is -1.29. The summed E-state index contributed by atoms with van der Waals surface area (Å²) in [7, 11) is 0. The summed E-state index contributed by atoms with van der Waals surface area (Å²) < 4.78 is 16.6. The van der Waals surface area contributed by atoms with E-state index in [0.29, 0.717) is 17.7 Å². The quantitative estimate of drug-likeness (QED) is 0.889. The van der Waals surface area contributed by atoms with E-state index in [2.05, 4.69) is 0 Å². The maximum absolute atomic E-state index is 14.8. The molecule has 1 aromatic heterocycles. The molecule has 2 heterocycles. The lowest BCUT2D eigenvalue weighted by molar-refractivity contribution is 0.0695. The number of pyridine rings is 1. The summed E-state index contributed by atoms with van der Waals surface area (Å²) in [5, 5.41) is 9.40. The Bertz CT molecular complexity index is 935. The predicted octanol–water partition coefficient (Wildman–Crippen LogP) is 2.10. The standard InChI is InChI=1S/C18H20FN3O3/c1-9-4-10(20)7-21(9)16-6-15-12(5-14(16)19)17(23)13(18(24)25)8-22(15)11-2-3-11/h5-6,8-11H,2-4,7,20H2,1H3,(H,24,25). The number of hydrogen-bond acceptors (Lipinski definition) is 4. The van der Waals surface area contributed by atoms with Gasteiger partial charge in [-0.3, -0.25) is 4.79 Å². The van der Waals surface area contributed by atoms with Crippen molar-refractivity contribution in [3.8, 4) is 0 Å². The molecule has 2 unspecified atom stereocenters. The Labute approximate surface area is 143 Å². The molecule has 2 aromatic rings. The summed E-state index contributed by atoms with van der Waals surface area (Å²) in [5.41, 5.74) is 6.04. The second-order valence-corrected chi connectivity index (χ2v) is 7.13. The number of fused-ring (bicyclic) bond motifs is 1. The van der Waals surface area contributed by atoms with Crippen molar-refractivity contribution in [1.29, 1.82) is 0 Å². The van der Waals surface area contributed by atoms with Crippen LogP contribution in [0.5, 0.6) is 0 Å². The summed E-state index contributed by atoms with van der Waals surface area (Å²) in [6.45, 7) is 2.56. The van der Waals surface area contributed by atoms with Crippen LogP contribution in [0.2, 0.25) is 0 Å². The number of aromatic nitrogens is 1. The Kier molecular flexibility index (Phi) is 3.57. The van der Waals surface area contributed by atoms with Crippen LogP contribution in [0.25, 0.3) is 10.9 Å². The zero-order valence-electron chi connectivity index (χ0n) is 13.9. The fourth-order valence-corrected chi connectivity index (χ4v) is 3.79. The van der Waals surface area contributed by atoms with Gasteiger partial charge in [0, 0.05) is 36.3 Å². The molecule has 1 aromatic carbocycles. The van der Waals surface area contributed by atoms with E-state index in [1.807, 2.05) is 16.4 Å². The summed E-state index contributed by atoms with van der Waals surface area (Å²) in [4.78, 5) is 25.8. The van der Waals surface area contributed by atoms with Crippen molar-refractivity contribution < 1.29 is 14.3 Å². The molecule has 2 aliphatic rings. The molecule has 1 saturated heterocycles. The van der Waals surface area contributed by atoms with Gasteiger partial charge in [0.15, 0.2) is 0 Å². The number of halogens is 1. The molecule has 6 nitrogen and oxygen atoms in total. The maximum Gasteiger partial charge on any atom is 0.341 e. The number of carbonyl (C=O) groups is 1. The number of benzene rings is 1. The highest BCUT2D eigenvalue weighted by molar-refractivity contribution is 5.93. The van der Waals surface area contributed by atoms with Crippen molar-refractivity contribution in [1.82, 2.24) is 4.57 Å². The molecular formula is C18H20FN3O3. The van der Waals surface area contributed by atoms with Gasteiger partial charge in [-0.25, -0.2) is 9.18 Å². The van der Waals surface area contributed by atoms with Crippen LogP contribution >= 0.6 is 0 Å². The number of anilines is 1. The lowest BCUT2D eigenvalue weighted by atomic mass is 10.1. The molecule has 0 radical (unpaired) electrons. The van der Waals surface area contributed by atoms with E-state index in [1.165, 1.54) is 12.3 Å². The van der Waals surface area contributed by atoms with Crippen LogP contribution in [0.4, 0.5) is 10.1 Å². The van der Waals surface area contributed by atoms with E-state index in [4.69, 9.17) is 5.73 Å². The van der Waals surface area contributed by atoms with Crippen molar-refractivity contribution in [2.75, 3.05) is 11.4 Å². The molecule has 3 N–H and O–H groups in total. The molecule has 132 valence electrons. The van der Waals surface area contributed by atoms with Gasteiger partial charge in [-0.1, -0.05) is 0 Å². The van der Waals surface area contributed by atoms with Crippen molar-refractivity contribution in [2.45, 2.75) is 44.3 Å². The van der Waals surface area contributed by atoms with Gasteiger partial charge in [0.05, 0.1) is 11.2 Å². The first-order valence-electron chi connectivity index (χ1n) is 8.50. The van der Waals surface area contributed by atoms with Crippen LogP contribution in [0.3, 0.4) is 0 Å². The van der Waals surface area contributed by atoms with Crippen LogP contribution in [-0.2, 0) is 0 Å². The first-order chi connectivity index (χ1) is 11.9. The van der Waals surface area contributed by atoms with Crippen LogP contribution < -0.4 is 16.1 Å². The second kappa shape index (κ2) is 5.56. The number of carboxylic acid groups (broad SMARTS) is 1. The normalized spacial score (nSPS) is 23.4. The van der Waals surface area contributed by atoms with Crippen molar-refractivity contribution >= 4 is 22.6 Å². The largest absolute Gasteiger partial charge is 0.477 e. The predicted molar refractivity (Wildman–Crippen MR) is 92.8 cm³/mol. The van der Waals surface area contributed by atoms with Gasteiger partial charge >= 0.3 is 5.97 Å². The fraction of sp³-hybridized carbons (Fsp3) is 0.444. The molecular weight excluding hydrogens is 325 g/mol. The van der Waals surface area contributed by atoms with E-state index >= 15 is 0 Å². The van der Waals surface area contributed by atoms with E-state index < -0.39 is 17.2 Å². The lowest BCUT2D eigenvalue weighted by Gasteiger charge is -2.25. The first kappa shape index (κ1) is 16.1. The van der Waals surface area contributed by atoms with Gasteiger partial charge in [0.2, 0.25) is 5.43 Å². The third kappa shape index (κ3) is 2.59. The Hall–Kier alpha value is -2.41. The molecule has 4 rings (SSSR count). The monoisotopic (exact) mass is 345 g/mol. The molecule has 1 aliphatic carbocycles. The molecule has 2 fully saturated rings. The van der Waals surface area contributed by atoms with Gasteiger partial charge in [0.25, 0.3) is 0 Å². The third-order valence-electron chi connectivity index (χ3n) is 5.19. The summed E-state index contributed by atoms with van der Waals surface area (Å²) >= 11 is 0. The fourth-order valence-electron chi connectivity index (χ4n) is 3.79. The van der Waals surface area contributed by atoms with E-state index in [-0.39, 0.29) is 29.1 Å². The van der Waals surface area contributed by atoms with Gasteiger partial charge in [-0.05, 0) is 38.3 Å². The molecule has 1 saturated carbocycles. The third-order valence-corrected chi connectivity index (χ3v) is 5.19. The average Bonchev–Trinajstić information content (AvgIpc) is 3.32. The second-order valence-electron chi connectivity index (χ2n) is 7.13. The Morgan fingerprint density at radius 2 is 2.08 bits per heavy atom. The van der Waals surface area contributed by atoms with Crippen LogP contribution in [0.1, 0.15) is 42.6 Å². The van der Waals surface area contributed by atoms with E-state index in [9.17, 15) is 19.1 Å². The molecule has 0 amide bonds. The summed E-state index contributed by atoms with van der Waals surface area (Å²) in [6.07, 6.45) is 4.03. The molecule has 25 heavy (non-hydrogen) atoms. The van der Waals surface area contributed by atoms with Crippen LogP contribution in [0.15, 0.2) is 23.1 Å². The molecule has 1 aliphatic heterocycles. The Balaban J connectivity index is 1.96. The number of nitrogens with zero attached hydrogens (tertiary/aromatic N) is 2. The SMILES string of the molecule is CC1CC(N)CN1c1cc2c(cc1F)c(=O)c(C(=O)O)cn2C1CC1.